The zero-order valence-electron chi connectivity index (χ0n) is 16.1. The van der Waals surface area contributed by atoms with E-state index in [1.54, 1.807) is 0 Å². The highest BCUT2D eigenvalue weighted by Gasteiger charge is 2.35. The van der Waals surface area contributed by atoms with Crippen molar-refractivity contribution in [1.82, 2.24) is 0 Å². The molecule has 0 aromatic rings. The van der Waals surface area contributed by atoms with Gasteiger partial charge in [-0.2, -0.15) is 0 Å². The van der Waals surface area contributed by atoms with Crippen LogP contribution in [0, 0.1) is 16.7 Å². The summed E-state index contributed by atoms with van der Waals surface area (Å²) in [4.78, 5) is 11.8. The number of carbonyl (C=O) groups is 1. The molecule has 0 aromatic carbocycles. The van der Waals surface area contributed by atoms with Gasteiger partial charge in [-0.05, 0) is 55.4 Å². The topological polar surface area (TPSA) is 35.5 Å². The Balaban J connectivity index is 1.74. The Labute approximate surface area is 147 Å². The molecule has 0 saturated heterocycles. The summed E-state index contributed by atoms with van der Waals surface area (Å²) in [6.45, 7) is 12.3. The maximum Gasteiger partial charge on any atom is 0.308 e. The van der Waals surface area contributed by atoms with Gasteiger partial charge in [0.15, 0.2) is 0 Å². The predicted molar refractivity (Wildman–Crippen MR) is 97.7 cm³/mol. The molecule has 0 spiro atoms. The lowest BCUT2D eigenvalue weighted by atomic mass is 9.64. The van der Waals surface area contributed by atoms with E-state index in [0.29, 0.717) is 13.2 Å². The molecule has 3 nitrogen and oxygen atoms in total. The van der Waals surface area contributed by atoms with Gasteiger partial charge < -0.3 is 9.47 Å². The molecule has 24 heavy (non-hydrogen) atoms. The molecule has 1 unspecified atom stereocenters. The number of carbonyl (C=O) groups excluding carboxylic acids is 1. The Morgan fingerprint density at radius 2 is 1.92 bits per heavy atom. The van der Waals surface area contributed by atoms with Crippen LogP contribution < -0.4 is 0 Å². The van der Waals surface area contributed by atoms with Crippen LogP contribution in [-0.4, -0.2) is 25.3 Å². The Morgan fingerprint density at radius 1 is 1.25 bits per heavy atom. The second-order valence-electron chi connectivity index (χ2n) is 8.52. The van der Waals surface area contributed by atoms with Crippen LogP contribution in [0.5, 0.6) is 0 Å². The van der Waals surface area contributed by atoms with E-state index in [2.05, 4.69) is 45.9 Å². The third-order valence-corrected chi connectivity index (χ3v) is 5.95. The third kappa shape index (κ3) is 4.72. The van der Waals surface area contributed by atoms with E-state index in [1.165, 1.54) is 5.57 Å². The Hall–Kier alpha value is -1.09. The highest BCUT2D eigenvalue weighted by Crippen LogP contribution is 2.45. The lowest BCUT2D eigenvalue weighted by Crippen LogP contribution is -2.32. The van der Waals surface area contributed by atoms with Gasteiger partial charge in [0.25, 0.3) is 0 Å². The quantitative estimate of drug-likeness (QED) is 0.659. The van der Waals surface area contributed by atoms with Gasteiger partial charge in [-0.1, -0.05) is 45.9 Å². The molecule has 0 aliphatic heterocycles. The van der Waals surface area contributed by atoms with E-state index < -0.39 is 0 Å². The van der Waals surface area contributed by atoms with Crippen LogP contribution in [0.25, 0.3) is 0 Å². The molecule has 0 bridgehead atoms. The van der Waals surface area contributed by atoms with Crippen molar-refractivity contribution in [2.45, 2.75) is 72.8 Å². The Kier molecular flexibility index (Phi) is 6.30. The fourth-order valence-electron chi connectivity index (χ4n) is 3.37. The largest absolute Gasteiger partial charge is 0.466 e. The van der Waals surface area contributed by atoms with Crippen LogP contribution in [0.2, 0.25) is 0 Å². The molecular weight excluding hydrogens is 300 g/mol. The lowest BCUT2D eigenvalue weighted by Gasteiger charge is -2.41. The molecule has 1 saturated carbocycles. The molecule has 1 atom stereocenters. The average molecular weight is 335 g/mol. The SMILES string of the molecule is CCOC(=O)C1CCC(OCC2=CCC(C)(C(C)(C)C)C=C2)CC1. The van der Waals surface area contributed by atoms with Gasteiger partial charge in [-0.25, -0.2) is 0 Å². The van der Waals surface area contributed by atoms with Crippen molar-refractivity contribution in [3.63, 3.8) is 0 Å². The predicted octanol–water partition coefficient (Wildman–Crippen LogP) is 5.06. The standard InChI is InChI=1S/C21H34O3/c1-6-23-19(22)17-7-9-18(10-8-17)24-15-16-11-13-21(5,14-12-16)20(2,3)4/h11-13,17-18H,6-10,14-15H2,1-5H3. The van der Waals surface area contributed by atoms with Crippen molar-refractivity contribution in [2.24, 2.45) is 16.7 Å². The molecule has 2 aliphatic carbocycles. The molecule has 0 heterocycles. The summed E-state index contributed by atoms with van der Waals surface area (Å²) in [7, 11) is 0. The summed E-state index contributed by atoms with van der Waals surface area (Å²) in [6, 6.07) is 0. The highest BCUT2D eigenvalue weighted by atomic mass is 16.5. The van der Waals surface area contributed by atoms with Crippen molar-refractivity contribution < 1.29 is 14.3 Å². The first-order chi connectivity index (χ1) is 11.2. The summed E-state index contributed by atoms with van der Waals surface area (Å²) >= 11 is 0. The van der Waals surface area contributed by atoms with Gasteiger partial charge >= 0.3 is 5.97 Å². The highest BCUT2D eigenvalue weighted by molar-refractivity contribution is 5.72. The fourth-order valence-corrected chi connectivity index (χ4v) is 3.37. The zero-order valence-corrected chi connectivity index (χ0v) is 16.1. The van der Waals surface area contributed by atoms with Crippen LogP contribution in [0.15, 0.2) is 23.8 Å². The van der Waals surface area contributed by atoms with Crippen LogP contribution in [0.1, 0.15) is 66.7 Å². The summed E-state index contributed by atoms with van der Waals surface area (Å²) in [5.41, 5.74) is 1.76. The summed E-state index contributed by atoms with van der Waals surface area (Å²) in [5, 5.41) is 0. The number of hydrogen-bond donors (Lipinski definition) is 0. The van der Waals surface area contributed by atoms with Gasteiger partial charge in [0.2, 0.25) is 0 Å². The number of ether oxygens (including phenoxy) is 2. The molecule has 2 aliphatic rings. The smallest absolute Gasteiger partial charge is 0.308 e. The average Bonchev–Trinajstić information content (AvgIpc) is 2.54. The molecule has 136 valence electrons. The van der Waals surface area contributed by atoms with Crippen molar-refractivity contribution in [1.29, 1.82) is 0 Å². The number of hydrogen-bond acceptors (Lipinski definition) is 3. The molecule has 3 heteroatoms. The van der Waals surface area contributed by atoms with E-state index >= 15 is 0 Å². The van der Waals surface area contributed by atoms with Crippen molar-refractivity contribution in [3.05, 3.63) is 23.8 Å². The number of allylic oxidation sites excluding steroid dienone is 2. The molecule has 0 radical (unpaired) electrons. The van der Waals surface area contributed by atoms with E-state index in [0.717, 1.165) is 32.1 Å². The molecule has 0 aromatic heterocycles. The van der Waals surface area contributed by atoms with Gasteiger partial charge in [-0.15, -0.1) is 0 Å². The first-order valence-electron chi connectivity index (χ1n) is 9.41. The Morgan fingerprint density at radius 3 is 2.42 bits per heavy atom. The van der Waals surface area contributed by atoms with E-state index in [-0.39, 0.29) is 28.8 Å². The first kappa shape index (κ1) is 19.2. The van der Waals surface area contributed by atoms with Crippen LogP contribution in [0.4, 0.5) is 0 Å². The molecule has 2 rings (SSSR count). The van der Waals surface area contributed by atoms with Crippen molar-refractivity contribution in [3.8, 4) is 0 Å². The maximum atomic E-state index is 11.8. The van der Waals surface area contributed by atoms with Crippen molar-refractivity contribution in [2.75, 3.05) is 13.2 Å². The summed E-state index contributed by atoms with van der Waals surface area (Å²) in [5.74, 6) is 0.0430. The first-order valence-corrected chi connectivity index (χ1v) is 9.41. The lowest BCUT2D eigenvalue weighted by molar-refractivity contribution is -0.150. The minimum Gasteiger partial charge on any atom is -0.466 e. The fraction of sp³-hybridized carbons (Fsp3) is 0.762. The molecular formula is C21H34O3. The van der Waals surface area contributed by atoms with Crippen LogP contribution >= 0.6 is 0 Å². The second-order valence-corrected chi connectivity index (χ2v) is 8.52. The van der Waals surface area contributed by atoms with E-state index in [4.69, 9.17) is 9.47 Å². The van der Waals surface area contributed by atoms with Crippen LogP contribution in [0.3, 0.4) is 0 Å². The molecule has 0 amide bonds. The molecule has 1 fully saturated rings. The minimum atomic E-state index is -0.0321. The monoisotopic (exact) mass is 334 g/mol. The summed E-state index contributed by atoms with van der Waals surface area (Å²) in [6.07, 6.45) is 12.0. The van der Waals surface area contributed by atoms with Gasteiger partial charge in [0.1, 0.15) is 0 Å². The number of esters is 1. The second kappa shape index (κ2) is 7.86. The van der Waals surface area contributed by atoms with E-state index in [9.17, 15) is 4.79 Å². The van der Waals surface area contributed by atoms with Gasteiger partial charge in [0, 0.05) is 0 Å². The van der Waals surface area contributed by atoms with E-state index in [1.807, 2.05) is 6.92 Å². The Bertz CT molecular complexity index is 490. The maximum absolute atomic E-state index is 11.8. The van der Waals surface area contributed by atoms with Crippen molar-refractivity contribution >= 4 is 5.97 Å². The zero-order chi connectivity index (χ0) is 17.8. The normalized spacial score (nSPS) is 30.8. The molecule has 0 N–H and O–H groups in total. The number of rotatable bonds is 5. The third-order valence-electron chi connectivity index (χ3n) is 5.95. The summed E-state index contributed by atoms with van der Waals surface area (Å²) < 4.78 is 11.2. The van der Waals surface area contributed by atoms with Gasteiger partial charge in [-0.3, -0.25) is 4.79 Å². The van der Waals surface area contributed by atoms with Gasteiger partial charge in [0.05, 0.1) is 25.2 Å². The van der Waals surface area contributed by atoms with Crippen LogP contribution in [-0.2, 0) is 14.3 Å². The minimum absolute atomic E-state index is 0.0321.